The maximum Gasteiger partial charge on any atom is 0.573 e. The Labute approximate surface area is 159 Å². The zero-order valence-corrected chi connectivity index (χ0v) is 14.9. The summed E-state index contributed by atoms with van der Waals surface area (Å²) in [5, 5.41) is 10.4. The largest absolute Gasteiger partial charge is 0.573 e. The number of benzene rings is 2. The highest BCUT2D eigenvalue weighted by Gasteiger charge is 2.31. The molecule has 1 N–H and O–H groups in total. The van der Waals surface area contributed by atoms with Crippen LogP contribution in [0, 0.1) is 0 Å². The molecule has 1 heterocycles. The first-order valence-electron chi connectivity index (χ1n) is 9.04. The Hall–Kier alpha value is -2.96. The van der Waals surface area contributed by atoms with Gasteiger partial charge in [-0.1, -0.05) is 18.2 Å². The van der Waals surface area contributed by atoms with Gasteiger partial charge in [-0.2, -0.15) is 0 Å². The summed E-state index contributed by atoms with van der Waals surface area (Å²) < 4.78 is 44.0. The van der Waals surface area contributed by atoms with Crippen LogP contribution in [0.1, 0.15) is 40.0 Å². The first kappa shape index (κ1) is 18.4. The minimum Gasteiger partial charge on any atom is -0.478 e. The number of halogens is 3. The van der Waals surface area contributed by atoms with Gasteiger partial charge < -0.3 is 14.4 Å². The third-order valence-corrected chi connectivity index (χ3v) is 5.16. The summed E-state index contributed by atoms with van der Waals surface area (Å²) in [7, 11) is 0. The predicted octanol–water partition coefficient (Wildman–Crippen LogP) is 5.17. The fraction of sp³-hybridized carbons (Fsp3) is 0.286. The Morgan fingerprint density at radius 2 is 1.86 bits per heavy atom. The number of rotatable bonds is 4. The summed E-state index contributed by atoms with van der Waals surface area (Å²) in [5.41, 5.74) is 3.63. The van der Waals surface area contributed by atoms with Crippen LogP contribution in [-0.4, -0.2) is 22.0 Å². The number of hydrogen-bond acceptors (Lipinski definition) is 2. The summed E-state index contributed by atoms with van der Waals surface area (Å²) in [6.45, 7) is 0.282. The fourth-order valence-corrected chi connectivity index (χ4v) is 4.03. The number of aromatic carboxylic acids is 1. The van der Waals surface area contributed by atoms with Crippen molar-refractivity contribution in [3.05, 3.63) is 64.8 Å². The van der Waals surface area contributed by atoms with E-state index in [1.54, 1.807) is 24.3 Å². The van der Waals surface area contributed by atoms with E-state index in [4.69, 9.17) is 0 Å². The molecule has 146 valence electrons. The van der Waals surface area contributed by atoms with Crippen LogP contribution in [-0.2, 0) is 19.4 Å². The molecule has 1 aromatic heterocycles. The Bertz CT molecular complexity index is 1050. The molecule has 0 unspecified atom stereocenters. The molecular weight excluding hydrogens is 371 g/mol. The Morgan fingerprint density at radius 3 is 2.61 bits per heavy atom. The van der Waals surface area contributed by atoms with Gasteiger partial charge in [-0.05, 0) is 55.0 Å². The van der Waals surface area contributed by atoms with E-state index in [1.165, 1.54) is 18.2 Å². The van der Waals surface area contributed by atoms with Crippen LogP contribution >= 0.6 is 0 Å². The van der Waals surface area contributed by atoms with E-state index in [0.717, 1.165) is 42.3 Å². The van der Waals surface area contributed by atoms with Gasteiger partial charge in [-0.3, -0.25) is 0 Å². The molecule has 0 spiro atoms. The predicted molar refractivity (Wildman–Crippen MR) is 97.8 cm³/mol. The van der Waals surface area contributed by atoms with Crippen LogP contribution < -0.4 is 4.74 Å². The van der Waals surface area contributed by atoms with Crippen molar-refractivity contribution in [2.24, 2.45) is 0 Å². The number of hydrogen-bond donors (Lipinski definition) is 1. The SMILES string of the molecule is O=C(O)c1ccccc1Cn1c2c(c3ccc(OC(F)(F)F)cc31)CCCC2. The van der Waals surface area contributed by atoms with Gasteiger partial charge >= 0.3 is 12.3 Å². The third kappa shape index (κ3) is 3.44. The van der Waals surface area contributed by atoms with Gasteiger partial charge in [0, 0.05) is 23.7 Å². The summed E-state index contributed by atoms with van der Waals surface area (Å²) >= 11 is 0. The van der Waals surface area contributed by atoms with Crippen LogP contribution in [0.25, 0.3) is 10.9 Å². The number of alkyl halides is 3. The van der Waals surface area contributed by atoms with E-state index in [-0.39, 0.29) is 17.9 Å². The van der Waals surface area contributed by atoms with Crippen molar-refractivity contribution < 1.29 is 27.8 Å². The maximum atomic E-state index is 12.7. The molecule has 3 aromatic rings. The van der Waals surface area contributed by atoms with Crippen LogP contribution in [0.3, 0.4) is 0 Å². The molecule has 1 aliphatic carbocycles. The highest BCUT2D eigenvalue weighted by atomic mass is 19.4. The van der Waals surface area contributed by atoms with Gasteiger partial charge in [-0.25, -0.2) is 4.79 Å². The molecule has 0 amide bonds. The standard InChI is InChI=1S/C21H18F3NO3/c22-21(23,24)28-14-9-10-17-16-7-3-4-8-18(16)25(19(17)11-14)12-13-5-1-2-6-15(13)20(26)27/h1-2,5-6,9-11H,3-4,7-8,12H2,(H,26,27). The minimum absolute atomic E-state index is 0.191. The highest BCUT2D eigenvalue weighted by Crippen LogP contribution is 2.36. The van der Waals surface area contributed by atoms with Crippen LogP contribution in [0.15, 0.2) is 42.5 Å². The van der Waals surface area contributed by atoms with Gasteiger partial charge in [-0.15, -0.1) is 13.2 Å². The third-order valence-electron chi connectivity index (χ3n) is 5.16. The Balaban J connectivity index is 1.86. The number of nitrogens with zero attached hydrogens (tertiary/aromatic N) is 1. The maximum absolute atomic E-state index is 12.7. The topological polar surface area (TPSA) is 51.5 Å². The zero-order chi connectivity index (χ0) is 19.9. The average molecular weight is 389 g/mol. The Morgan fingerprint density at radius 1 is 1.11 bits per heavy atom. The van der Waals surface area contributed by atoms with E-state index in [9.17, 15) is 23.1 Å². The van der Waals surface area contributed by atoms with Gasteiger partial charge in [0.15, 0.2) is 0 Å². The average Bonchev–Trinajstić information content (AvgIpc) is 2.94. The summed E-state index contributed by atoms with van der Waals surface area (Å²) in [6.07, 6.45) is -1.07. The second-order valence-corrected chi connectivity index (χ2v) is 6.91. The monoisotopic (exact) mass is 389 g/mol. The lowest BCUT2D eigenvalue weighted by Gasteiger charge is -2.17. The molecule has 0 aliphatic heterocycles. The smallest absolute Gasteiger partial charge is 0.478 e. The summed E-state index contributed by atoms with van der Waals surface area (Å²) in [4.78, 5) is 11.6. The first-order chi connectivity index (χ1) is 13.3. The number of carboxylic acid groups (broad SMARTS) is 1. The molecule has 0 saturated heterocycles. The highest BCUT2D eigenvalue weighted by molar-refractivity contribution is 5.90. The van der Waals surface area contributed by atoms with Crippen molar-refractivity contribution in [1.82, 2.24) is 4.57 Å². The molecule has 0 saturated carbocycles. The van der Waals surface area contributed by atoms with E-state index in [2.05, 4.69) is 4.74 Å². The summed E-state index contributed by atoms with van der Waals surface area (Å²) in [5.74, 6) is -1.30. The van der Waals surface area contributed by atoms with Gasteiger partial charge in [0.25, 0.3) is 0 Å². The molecular formula is C21H18F3NO3. The van der Waals surface area contributed by atoms with Gasteiger partial charge in [0.05, 0.1) is 11.1 Å². The van der Waals surface area contributed by atoms with Crippen molar-refractivity contribution in [3.8, 4) is 5.75 Å². The lowest BCUT2D eigenvalue weighted by atomic mass is 9.95. The fourth-order valence-electron chi connectivity index (χ4n) is 4.03. The molecule has 4 nitrogen and oxygen atoms in total. The number of aromatic nitrogens is 1. The van der Waals surface area contributed by atoms with Crippen molar-refractivity contribution in [2.45, 2.75) is 38.6 Å². The molecule has 4 rings (SSSR count). The van der Waals surface area contributed by atoms with Crippen LogP contribution in [0.2, 0.25) is 0 Å². The normalized spacial score (nSPS) is 14.1. The van der Waals surface area contributed by atoms with Crippen LogP contribution in [0.5, 0.6) is 5.75 Å². The quantitative estimate of drug-likeness (QED) is 0.670. The van der Waals surface area contributed by atoms with Crippen LogP contribution in [0.4, 0.5) is 13.2 Å². The number of aryl methyl sites for hydroxylation is 1. The number of fused-ring (bicyclic) bond motifs is 3. The molecule has 7 heteroatoms. The van der Waals surface area contributed by atoms with Crippen molar-refractivity contribution in [1.29, 1.82) is 0 Å². The molecule has 28 heavy (non-hydrogen) atoms. The second-order valence-electron chi connectivity index (χ2n) is 6.91. The molecule has 0 bridgehead atoms. The van der Waals surface area contributed by atoms with Crippen molar-refractivity contribution in [2.75, 3.05) is 0 Å². The Kier molecular flexibility index (Phi) is 4.53. The second kappa shape index (κ2) is 6.89. The minimum atomic E-state index is -4.76. The van der Waals surface area contributed by atoms with Crippen molar-refractivity contribution >= 4 is 16.9 Å². The lowest BCUT2D eigenvalue weighted by molar-refractivity contribution is -0.274. The molecule has 0 radical (unpaired) electrons. The zero-order valence-electron chi connectivity index (χ0n) is 14.9. The van der Waals surface area contributed by atoms with E-state index < -0.39 is 12.3 Å². The number of carbonyl (C=O) groups is 1. The summed E-state index contributed by atoms with van der Waals surface area (Å²) in [6, 6.07) is 11.1. The molecule has 2 aromatic carbocycles. The number of carboxylic acids is 1. The molecule has 0 atom stereocenters. The molecule has 0 fully saturated rings. The lowest BCUT2D eigenvalue weighted by Crippen LogP contribution is -2.17. The van der Waals surface area contributed by atoms with Gasteiger partial charge in [0.1, 0.15) is 5.75 Å². The van der Waals surface area contributed by atoms with E-state index in [1.807, 2.05) is 4.57 Å². The van der Waals surface area contributed by atoms with Gasteiger partial charge in [0.2, 0.25) is 0 Å². The molecule has 1 aliphatic rings. The first-order valence-corrected chi connectivity index (χ1v) is 9.04. The van der Waals surface area contributed by atoms with Crippen molar-refractivity contribution in [3.63, 3.8) is 0 Å². The number of ether oxygens (including phenoxy) is 1. The van der Waals surface area contributed by atoms with E-state index >= 15 is 0 Å². The van der Waals surface area contributed by atoms with E-state index in [0.29, 0.717) is 11.1 Å².